The van der Waals surface area contributed by atoms with Crippen LogP contribution < -0.4 is 16.0 Å². The second-order valence-corrected chi connectivity index (χ2v) is 6.20. The Balaban J connectivity index is 1.78. The monoisotopic (exact) mass is 389 g/mol. The fourth-order valence-electron chi connectivity index (χ4n) is 2.55. The maximum absolute atomic E-state index is 13.6. The molecule has 1 aromatic carbocycles. The summed E-state index contributed by atoms with van der Waals surface area (Å²) in [7, 11) is 0. The van der Waals surface area contributed by atoms with Gasteiger partial charge in [-0.25, -0.2) is 4.39 Å². The van der Waals surface area contributed by atoms with Gasteiger partial charge in [0.1, 0.15) is 18.0 Å². The van der Waals surface area contributed by atoms with Gasteiger partial charge >= 0.3 is 0 Å². The Morgan fingerprint density at radius 2 is 2.04 bits per heavy atom. The van der Waals surface area contributed by atoms with Gasteiger partial charge in [-0.1, -0.05) is 13.0 Å². The van der Waals surface area contributed by atoms with Gasteiger partial charge in [-0.15, -0.1) is 10.2 Å². The Morgan fingerprint density at radius 3 is 2.75 bits per heavy atom. The molecule has 2 rings (SSSR count). The minimum atomic E-state index is -0.386. The fourth-order valence-corrected chi connectivity index (χ4v) is 2.55. The van der Waals surface area contributed by atoms with Crippen molar-refractivity contribution in [3.05, 3.63) is 47.3 Å². The molecule has 0 aliphatic heterocycles. The summed E-state index contributed by atoms with van der Waals surface area (Å²) >= 11 is 0. The highest BCUT2D eigenvalue weighted by Gasteiger charge is 2.07. The van der Waals surface area contributed by atoms with E-state index >= 15 is 0 Å². The Morgan fingerprint density at radius 1 is 1.21 bits per heavy atom. The first-order chi connectivity index (χ1) is 13.5. The van der Waals surface area contributed by atoms with Crippen LogP contribution >= 0.6 is 0 Å². The molecule has 0 radical (unpaired) electrons. The van der Waals surface area contributed by atoms with Crippen LogP contribution in [0.5, 0.6) is 0 Å². The van der Waals surface area contributed by atoms with Gasteiger partial charge in [0, 0.05) is 38.2 Å². The van der Waals surface area contributed by atoms with Gasteiger partial charge < -0.3 is 20.5 Å². The lowest BCUT2D eigenvalue weighted by molar-refractivity contribution is 0.0954. The van der Waals surface area contributed by atoms with Crippen molar-refractivity contribution in [3.8, 4) is 0 Å². The van der Waals surface area contributed by atoms with Gasteiger partial charge in [0.05, 0.1) is 6.54 Å². The predicted molar refractivity (Wildman–Crippen MR) is 107 cm³/mol. The zero-order chi connectivity index (χ0) is 20.4. The highest BCUT2D eigenvalue weighted by atomic mass is 19.1. The van der Waals surface area contributed by atoms with Crippen molar-refractivity contribution < 1.29 is 9.18 Å². The number of hydrogen-bond acceptors (Lipinski definition) is 4. The van der Waals surface area contributed by atoms with E-state index in [2.05, 4.69) is 31.1 Å². The topological polar surface area (TPSA) is 96.2 Å². The second-order valence-electron chi connectivity index (χ2n) is 6.20. The molecule has 0 atom stereocenters. The molecule has 8 nitrogen and oxygen atoms in total. The fraction of sp³-hybridized carbons (Fsp3) is 0.474. The molecular weight excluding hydrogens is 361 g/mol. The van der Waals surface area contributed by atoms with Crippen molar-refractivity contribution in [1.29, 1.82) is 0 Å². The predicted octanol–water partition coefficient (Wildman–Crippen LogP) is 1.27. The smallest absolute Gasteiger partial charge is 0.251 e. The molecule has 0 unspecified atom stereocenters. The third-order valence-electron chi connectivity index (χ3n) is 4.10. The average molecular weight is 389 g/mol. The summed E-state index contributed by atoms with van der Waals surface area (Å²) in [6.07, 6.45) is 2.55. The van der Waals surface area contributed by atoms with E-state index in [1.54, 1.807) is 25.4 Å². The first-order valence-corrected chi connectivity index (χ1v) is 9.48. The van der Waals surface area contributed by atoms with E-state index in [9.17, 15) is 9.18 Å². The maximum Gasteiger partial charge on any atom is 0.251 e. The quantitative estimate of drug-likeness (QED) is 0.341. The summed E-state index contributed by atoms with van der Waals surface area (Å²) in [4.78, 5) is 16.5. The summed E-state index contributed by atoms with van der Waals surface area (Å²) in [6.45, 7) is 8.58. The number of carbonyl (C=O) groups is 1. The molecule has 1 aromatic heterocycles. The molecule has 0 saturated heterocycles. The molecule has 0 spiro atoms. The lowest BCUT2D eigenvalue weighted by atomic mass is 10.1. The molecule has 0 saturated carbocycles. The van der Waals surface area contributed by atoms with Crippen LogP contribution in [0.2, 0.25) is 0 Å². The second kappa shape index (κ2) is 11.0. The number of nitrogens with zero attached hydrogens (tertiary/aromatic N) is 4. The van der Waals surface area contributed by atoms with Crippen LogP contribution in [0, 0.1) is 12.7 Å². The average Bonchev–Trinajstić information content (AvgIpc) is 3.14. The summed E-state index contributed by atoms with van der Waals surface area (Å²) in [6, 6.07) is 4.45. The van der Waals surface area contributed by atoms with E-state index in [0.717, 1.165) is 25.3 Å². The molecular formula is C19H28FN7O. The van der Waals surface area contributed by atoms with E-state index in [-0.39, 0.29) is 11.7 Å². The van der Waals surface area contributed by atoms with Crippen molar-refractivity contribution in [2.75, 3.05) is 26.2 Å². The normalized spacial score (nSPS) is 11.4. The van der Waals surface area contributed by atoms with E-state index in [0.29, 0.717) is 36.7 Å². The minimum absolute atomic E-state index is 0.304. The molecule has 0 fully saturated rings. The molecule has 0 bridgehead atoms. The largest absolute Gasteiger partial charge is 0.357 e. The van der Waals surface area contributed by atoms with Crippen molar-refractivity contribution in [3.63, 3.8) is 0 Å². The van der Waals surface area contributed by atoms with E-state index in [1.165, 1.54) is 6.07 Å². The highest BCUT2D eigenvalue weighted by molar-refractivity contribution is 5.94. The number of amides is 1. The van der Waals surface area contributed by atoms with E-state index < -0.39 is 0 Å². The third kappa shape index (κ3) is 6.33. The summed E-state index contributed by atoms with van der Waals surface area (Å²) < 4.78 is 15.6. The molecule has 2 aromatic rings. The first-order valence-electron chi connectivity index (χ1n) is 9.48. The number of halogens is 1. The van der Waals surface area contributed by atoms with Crippen LogP contribution in [0.3, 0.4) is 0 Å². The SMILES string of the molecule is CCNC(=NCCNC(=O)c1ccc(C)c(F)c1)NCCn1cnnc1CC. The van der Waals surface area contributed by atoms with Crippen LogP contribution in [0.25, 0.3) is 0 Å². The molecule has 28 heavy (non-hydrogen) atoms. The standard InChI is InChI=1S/C19H28FN7O/c1-4-17-26-25-13-27(17)11-10-24-19(21-5-2)23-9-8-22-18(28)15-7-6-14(3)16(20)12-15/h6-7,12-13H,4-5,8-11H2,1-3H3,(H,22,28)(H2,21,23,24). The molecule has 1 amide bonds. The van der Waals surface area contributed by atoms with E-state index in [1.807, 2.05) is 18.4 Å². The van der Waals surface area contributed by atoms with Crippen molar-refractivity contribution in [2.24, 2.45) is 4.99 Å². The van der Waals surface area contributed by atoms with Crippen LogP contribution in [-0.2, 0) is 13.0 Å². The molecule has 1 heterocycles. The van der Waals surface area contributed by atoms with Gasteiger partial charge in [0.15, 0.2) is 5.96 Å². The lowest BCUT2D eigenvalue weighted by Crippen LogP contribution is -2.39. The van der Waals surface area contributed by atoms with Gasteiger partial charge in [-0.05, 0) is 31.5 Å². The number of carbonyl (C=O) groups excluding carboxylic acids is 1. The van der Waals surface area contributed by atoms with E-state index in [4.69, 9.17) is 0 Å². The Kier molecular flexibility index (Phi) is 8.38. The zero-order valence-corrected chi connectivity index (χ0v) is 16.6. The highest BCUT2D eigenvalue weighted by Crippen LogP contribution is 2.08. The number of rotatable bonds is 9. The number of nitrogens with one attached hydrogen (secondary N) is 3. The number of aliphatic imine (C=N–C) groups is 1. The molecule has 152 valence electrons. The number of aromatic nitrogens is 3. The first kappa shape index (κ1) is 21.3. The Bertz CT molecular complexity index is 803. The maximum atomic E-state index is 13.6. The van der Waals surface area contributed by atoms with Crippen LogP contribution in [0.1, 0.15) is 35.6 Å². The van der Waals surface area contributed by atoms with Gasteiger partial charge in [0.25, 0.3) is 5.91 Å². The van der Waals surface area contributed by atoms with Crippen molar-refractivity contribution in [2.45, 2.75) is 33.7 Å². The summed E-state index contributed by atoms with van der Waals surface area (Å²) in [5.74, 6) is 0.915. The minimum Gasteiger partial charge on any atom is -0.357 e. The number of guanidine groups is 1. The lowest BCUT2D eigenvalue weighted by Gasteiger charge is -2.12. The van der Waals surface area contributed by atoms with Gasteiger partial charge in [0.2, 0.25) is 0 Å². The Labute approximate surface area is 164 Å². The van der Waals surface area contributed by atoms with Crippen LogP contribution in [-0.4, -0.2) is 52.8 Å². The van der Waals surface area contributed by atoms with Crippen LogP contribution in [0.15, 0.2) is 29.5 Å². The van der Waals surface area contributed by atoms with Gasteiger partial charge in [-0.3, -0.25) is 9.79 Å². The number of benzene rings is 1. The third-order valence-corrected chi connectivity index (χ3v) is 4.10. The summed E-state index contributed by atoms with van der Waals surface area (Å²) in [5, 5.41) is 17.1. The van der Waals surface area contributed by atoms with Crippen LogP contribution in [0.4, 0.5) is 4.39 Å². The van der Waals surface area contributed by atoms with Gasteiger partial charge in [-0.2, -0.15) is 0 Å². The zero-order valence-electron chi connectivity index (χ0n) is 16.6. The molecule has 0 aliphatic rings. The van der Waals surface area contributed by atoms with Crippen molar-refractivity contribution >= 4 is 11.9 Å². The molecule has 3 N–H and O–H groups in total. The number of aryl methyl sites for hydroxylation is 2. The number of hydrogen-bond donors (Lipinski definition) is 3. The Hall–Kier alpha value is -2.97. The van der Waals surface area contributed by atoms with Crippen molar-refractivity contribution in [1.82, 2.24) is 30.7 Å². The molecule has 9 heteroatoms. The molecule has 0 aliphatic carbocycles. The summed E-state index contributed by atoms with van der Waals surface area (Å²) in [5.41, 5.74) is 0.817.